The van der Waals surface area contributed by atoms with Crippen LogP contribution < -0.4 is 0 Å². The summed E-state index contributed by atoms with van der Waals surface area (Å²) in [5.74, 6) is 0.277. The Morgan fingerprint density at radius 3 is 2.59 bits per heavy atom. The highest BCUT2D eigenvalue weighted by Gasteiger charge is 2.30. The van der Waals surface area contributed by atoms with Crippen LogP contribution in [0.25, 0.3) is 0 Å². The van der Waals surface area contributed by atoms with Gasteiger partial charge in [0.25, 0.3) is 0 Å². The third-order valence-corrected chi connectivity index (χ3v) is 3.82. The Hall–Kier alpha value is -0.830. The third kappa shape index (κ3) is 3.32. The first-order valence-corrected chi connectivity index (χ1v) is 6.83. The minimum atomic E-state index is 0.277. The van der Waals surface area contributed by atoms with Crippen LogP contribution in [-0.4, -0.2) is 47.9 Å². The maximum atomic E-state index is 12.1. The number of nitrogens with zero attached hydrogens (tertiary/aromatic N) is 2. The van der Waals surface area contributed by atoms with Crippen LogP contribution in [-0.2, 0) is 4.79 Å². The van der Waals surface area contributed by atoms with Crippen molar-refractivity contribution in [2.75, 3.05) is 26.2 Å². The van der Waals surface area contributed by atoms with Gasteiger partial charge in [-0.05, 0) is 45.7 Å². The van der Waals surface area contributed by atoms with Gasteiger partial charge in [-0.3, -0.25) is 4.79 Å². The van der Waals surface area contributed by atoms with Gasteiger partial charge in [0.2, 0.25) is 5.91 Å². The Bertz CT molecular complexity index is 295. The fourth-order valence-corrected chi connectivity index (χ4v) is 2.98. The van der Waals surface area contributed by atoms with Crippen LogP contribution in [0.1, 0.15) is 39.0 Å². The molecule has 96 valence electrons. The van der Waals surface area contributed by atoms with Gasteiger partial charge >= 0.3 is 0 Å². The topological polar surface area (TPSA) is 23.6 Å². The number of rotatable bonds is 4. The molecule has 0 aromatic carbocycles. The third-order valence-electron chi connectivity index (χ3n) is 3.82. The Balaban J connectivity index is 1.87. The van der Waals surface area contributed by atoms with Crippen LogP contribution in [0.15, 0.2) is 12.2 Å². The number of carbonyl (C=O) groups is 1. The molecule has 0 radical (unpaired) electrons. The summed E-state index contributed by atoms with van der Waals surface area (Å²) in [4.78, 5) is 16.7. The summed E-state index contributed by atoms with van der Waals surface area (Å²) in [6, 6.07) is 0.458. The number of carbonyl (C=O) groups excluding carboxylic acids is 1. The first-order chi connectivity index (χ1) is 8.16. The summed E-state index contributed by atoms with van der Waals surface area (Å²) in [6.45, 7) is 10.2. The molecule has 17 heavy (non-hydrogen) atoms. The normalized spacial score (nSPS) is 25.5. The van der Waals surface area contributed by atoms with Crippen LogP contribution in [0.3, 0.4) is 0 Å². The molecule has 0 spiro atoms. The van der Waals surface area contributed by atoms with Gasteiger partial charge in [-0.2, -0.15) is 0 Å². The van der Waals surface area contributed by atoms with Crippen LogP contribution in [0.4, 0.5) is 0 Å². The van der Waals surface area contributed by atoms with E-state index in [1.165, 1.54) is 38.8 Å². The summed E-state index contributed by atoms with van der Waals surface area (Å²) < 4.78 is 0. The molecule has 3 heteroatoms. The Morgan fingerprint density at radius 2 is 1.94 bits per heavy atom. The average molecular weight is 236 g/mol. The van der Waals surface area contributed by atoms with Gasteiger partial charge in [0.1, 0.15) is 0 Å². The molecule has 1 atom stereocenters. The standard InChI is InChI=1S/C14H24N2O/c1-12(2)10-14(17)16-9-5-6-13(16)11-15-7-3-4-8-15/h13H,1,3-11H2,2H3. The molecule has 3 nitrogen and oxygen atoms in total. The molecule has 1 amide bonds. The second kappa shape index (κ2) is 5.67. The van der Waals surface area contributed by atoms with Crippen LogP contribution in [0.2, 0.25) is 0 Å². The second-order valence-electron chi connectivity index (χ2n) is 5.52. The first kappa shape index (κ1) is 12.6. The van der Waals surface area contributed by atoms with Crippen molar-refractivity contribution in [2.45, 2.75) is 45.1 Å². The maximum absolute atomic E-state index is 12.1. The van der Waals surface area contributed by atoms with Gasteiger partial charge in [0.05, 0.1) is 0 Å². The van der Waals surface area contributed by atoms with Gasteiger partial charge < -0.3 is 9.80 Å². The lowest BCUT2D eigenvalue weighted by molar-refractivity contribution is -0.131. The molecule has 2 rings (SSSR count). The second-order valence-corrected chi connectivity index (χ2v) is 5.52. The summed E-state index contributed by atoms with van der Waals surface area (Å²) in [5.41, 5.74) is 0.974. The Kier molecular flexibility index (Phi) is 4.21. The number of likely N-dealkylation sites (tertiary alicyclic amines) is 2. The monoisotopic (exact) mass is 236 g/mol. The van der Waals surface area contributed by atoms with E-state index in [2.05, 4.69) is 16.4 Å². The fourth-order valence-electron chi connectivity index (χ4n) is 2.98. The van der Waals surface area contributed by atoms with Crippen LogP contribution in [0.5, 0.6) is 0 Å². The van der Waals surface area contributed by atoms with Gasteiger partial charge in [-0.1, -0.05) is 12.2 Å². The van der Waals surface area contributed by atoms with E-state index in [0.717, 1.165) is 18.7 Å². The number of amides is 1. The molecule has 0 saturated carbocycles. The molecule has 0 aliphatic carbocycles. The summed E-state index contributed by atoms with van der Waals surface area (Å²) in [6.07, 6.45) is 5.52. The van der Waals surface area contributed by atoms with Crippen LogP contribution in [0, 0.1) is 0 Å². The quantitative estimate of drug-likeness (QED) is 0.697. The molecular formula is C14H24N2O. The van der Waals surface area contributed by atoms with E-state index in [9.17, 15) is 4.79 Å². The molecule has 0 aromatic rings. The molecule has 2 saturated heterocycles. The van der Waals surface area contributed by atoms with Gasteiger partial charge in [-0.15, -0.1) is 0 Å². The van der Waals surface area contributed by atoms with Crippen molar-refractivity contribution in [1.82, 2.24) is 9.80 Å². The smallest absolute Gasteiger partial charge is 0.226 e. The van der Waals surface area contributed by atoms with Crippen molar-refractivity contribution in [3.63, 3.8) is 0 Å². The van der Waals surface area contributed by atoms with E-state index >= 15 is 0 Å². The van der Waals surface area contributed by atoms with E-state index in [1.54, 1.807) is 0 Å². The van der Waals surface area contributed by atoms with E-state index in [4.69, 9.17) is 0 Å². The van der Waals surface area contributed by atoms with Gasteiger partial charge in [-0.25, -0.2) is 0 Å². The molecule has 2 aliphatic rings. The minimum absolute atomic E-state index is 0.277. The average Bonchev–Trinajstić information content (AvgIpc) is 2.88. The van der Waals surface area contributed by atoms with E-state index in [-0.39, 0.29) is 5.91 Å². The van der Waals surface area contributed by atoms with Crippen molar-refractivity contribution in [1.29, 1.82) is 0 Å². The molecule has 0 bridgehead atoms. The molecule has 0 N–H and O–H groups in total. The van der Waals surface area contributed by atoms with Crippen molar-refractivity contribution in [3.8, 4) is 0 Å². The van der Waals surface area contributed by atoms with Crippen molar-refractivity contribution in [3.05, 3.63) is 12.2 Å². The van der Waals surface area contributed by atoms with E-state index in [1.807, 2.05) is 6.92 Å². The van der Waals surface area contributed by atoms with E-state index in [0.29, 0.717) is 12.5 Å². The minimum Gasteiger partial charge on any atom is -0.338 e. The molecule has 2 heterocycles. The van der Waals surface area contributed by atoms with Gasteiger partial charge in [0.15, 0.2) is 0 Å². The molecule has 0 aromatic heterocycles. The lowest BCUT2D eigenvalue weighted by atomic mass is 10.2. The molecule has 2 fully saturated rings. The number of hydrogen-bond donors (Lipinski definition) is 0. The highest BCUT2D eigenvalue weighted by atomic mass is 16.2. The lowest BCUT2D eigenvalue weighted by Crippen LogP contribution is -2.42. The van der Waals surface area contributed by atoms with Crippen molar-refractivity contribution < 1.29 is 4.79 Å². The predicted octanol–water partition coefficient (Wildman–Crippen LogP) is 2.04. The maximum Gasteiger partial charge on any atom is 0.226 e. The largest absolute Gasteiger partial charge is 0.338 e. The summed E-state index contributed by atoms with van der Waals surface area (Å²) in [5, 5.41) is 0. The van der Waals surface area contributed by atoms with Crippen molar-refractivity contribution in [2.24, 2.45) is 0 Å². The zero-order valence-corrected chi connectivity index (χ0v) is 11.0. The highest BCUT2D eigenvalue weighted by molar-refractivity contribution is 5.79. The SMILES string of the molecule is C=C(C)CC(=O)N1CCCC1CN1CCCC1. The van der Waals surface area contributed by atoms with Crippen molar-refractivity contribution >= 4 is 5.91 Å². The van der Waals surface area contributed by atoms with Gasteiger partial charge in [0, 0.05) is 25.6 Å². The summed E-state index contributed by atoms with van der Waals surface area (Å²) >= 11 is 0. The summed E-state index contributed by atoms with van der Waals surface area (Å²) in [7, 11) is 0. The fraction of sp³-hybridized carbons (Fsp3) is 0.786. The highest BCUT2D eigenvalue weighted by Crippen LogP contribution is 2.21. The lowest BCUT2D eigenvalue weighted by Gasteiger charge is -2.28. The Morgan fingerprint density at radius 1 is 1.24 bits per heavy atom. The molecule has 2 aliphatic heterocycles. The van der Waals surface area contributed by atoms with Crippen LogP contribution >= 0.6 is 0 Å². The zero-order valence-electron chi connectivity index (χ0n) is 11.0. The van der Waals surface area contributed by atoms with E-state index < -0.39 is 0 Å². The molecule has 1 unspecified atom stereocenters. The molecular weight excluding hydrogens is 212 g/mol. The first-order valence-electron chi connectivity index (χ1n) is 6.83. The zero-order chi connectivity index (χ0) is 12.3. The Labute approximate surface area is 104 Å². The number of hydrogen-bond acceptors (Lipinski definition) is 2. The predicted molar refractivity (Wildman–Crippen MR) is 69.8 cm³/mol.